The van der Waals surface area contributed by atoms with E-state index < -0.39 is 0 Å². The molecule has 0 aromatic heterocycles. The molecule has 1 heterocycles. The van der Waals surface area contributed by atoms with Gasteiger partial charge in [-0.1, -0.05) is 28.1 Å². The number of carbonyl (C=O) groups is 2. The maximum absolute atomic E-state index is 13.1. The molecular weight excluding hydrogens is 449 g/mol. The summed E-state index contributed by atoms with van der Waals surface area (Å²) in [5.74, 6) is 0.354. The van der Waals surface area contributed by atoms with Crippen LogP contribution in [-0.2, 0) is 11.3 Å². The number of thioether (sulfide) groups is 1. The van der Waals surface area contributed by atoms with Crippen molar-refractivity contribution in [3.63, 3.8) is 0 Å². The topological polar surface area (TPSA) is 55.8 Å². The molecule has 0 unspecified atom stereocenters. The second-order valence-corrected chi connectivity index (χ2v) is 7.70. The zero-order chi connectivity index (χ0) is 20.3. The summed E-state index contributed by atoms with van der Waals surface area (Å²) in [6.07, 6.45) is 1.64. The molecular formula is C20H17BrFNO4S. The summed E-state index contributed by atoms with van der Waals surface area (Å²) in [6.45, 7) is 2.42. The van der Waals surface area contributed by atoms with Crippen molar-refractivity contribution in [1.82, 2.24) is 4.90 Å². The number of rotatable bonds is 6. The lowest BCUT2D eigenvalue weighted by Crippen LogP contribution is -2.27. The Balaban J connectivity index is 1.87. The van der Waals surface area contributed by atoms with Gasteiger partial charge in [-0.25, -0.2) is 4.39 Å². The average molecular weight is 466 g/mol. The zero-order valence-corrected chi connectivity index (χ0v) is 17.6. The molecule has 3 rings (SSSR count). The summed E-state index contributed by atoms with van der Waals surface area (Å²) in [4.78, 5) is 26.5. The van der Waals surface area contributed by atoms with Crippen molar-refractivity contribution < 1.29 is 23.5 Å². The summed E-state index contributed by atoms with van der Waals surface area (Å²) in [7, 11) is 1.55. The summed E-state index contributed by atoms with van der Waals surface area (Å²) >= 11 is 4.32. The third kappa shape index (κ3) is 4.39. The van der Waals surface area contributed by atoms with Gasteiger partial charge in [0.1, 0.15) is 5.82 Å². The lowest BCUT2D eigenvalue weighted by Gasteiger charge is -2.13. The molecule has 0 radical (unpaired) electrons. The van der Waals surface area contributed by atoms with Gasteiger partial charge in [0.15, 0.2) is 11.5 Å². The highest BCUT2D eigenvalue weighted by Crippen LogP contribution is 2.38. The van der Waals surface area contributed by atoms with Crippen molar-refractivity contribution in [1.29, 1.82) is 0 Å². The highest BCUT2D eigenvalue weighted by Gasteiger charge is 2.35. The third-order valence-electron chi connectivity index (χ3n) is 4.00. The molecule has 0 N–H and O–H groups in total. The minimum atomic E-state index is -0.389. The molecule has 0 saturated carbocycles. The smallest absolute Gasteiger partial charge is 0.293 e. The molecule has 1 aliphatic heterocycles. The van der Waals surface area contributed by atoms with Crippen LogP contribution in [0.25, 0.3) is 6.08 Å². The number of nitrogens with zero attached hydrogens (tertiary/aromatic N) is 1. The quantitative estimate of drug-likeness (QED) is 0.546. The fourth-order valence-corrected chi connectivity index (χ4v) is 3.91. The summed E-state index contributed by atoms with van der Waals surface area (Å²) in [5.41, 5.74) is 1.37. The van der Waals surface area contributed by atoms with Crippen molar-refractivity contribution >= 4 is 44.9 Å². The van der Waals surface area contributed by atoms with Crippen molar-refractivity contribution in [3.8, 4) is 11.5 Å². The molecule has 0 bridgehead atoms. The molecule has 0 atom stereocenters. The maximum Gasteiger partial charge on any atom is 0.293 e. The van der Waals surface area contributed by atoms with Crippen LogP contribution >= 0.6 is 27.7 Å². The number of methoxy groups -OCH3 is 1. The average Bonchev–Trinajstić information content (AvgIpc) is 2.93. The first-order valence-electron chi connectivity index (χ1n) is 8.43. The standard InChI is InChI=1S/C20H17BrFNO4S/c1-3-27-17-8-13(15(21)10-16(17)26-2)9-18-19(24)23(20(25)28-18)11-12-4-6-14(22)7-5-12/h4-10H,3,11H2,1-2H3. The number of imide groups is 1. The van der Waals surface area contributed by atoms with E-state index in [-0.39, 0.29) is 23.5 Å². The van der Waals surface area contributed by atoms with Crippen molar-refractivity contribution in [2.75, 3.05) is 13.7 Å². The Labute approximate surface area is 174 Å². The van der Waals surface area contributed by atoms with Crippen LogP contribution in [0.3, 0.4) is 0 Å². The fourth-order valence-electron chi connectivity index (χ4n) is 2.64. The van der Waals surface area contributed by atoms with Crippen LogP contribution in [0.1, 0.15) is 18.1 Å². The normalized spacial score (nSPS) is 15.4. The van der Waals surface area contributed by atoms with Gasteiger partial charge in [-0.15, -0.1) is 0 Å². The van der Waals surface area contributed by atoms with Crippen LogP contribution in [0.4, 0.5) is 9.18 Å². The first-order valence-corrected chi connectivity index (χ1v) is 10.0. The van der Waals surface area contributed by atoms with Gasteiger partial charge in [0.25, 0.3) is 11.1 Å². The van der Waals surface area contributed by atoms with Gasteiger partial charge in [0.05, 0.1) is 25.2 Å². The van der Waals surface area contributed by atoms with E-state index in [1.807, 2.05) is 6.92 Å². The van der Waals surface area contributed by atoms with E-state index >= 15 is 0 Å². The molecule has 5 nitrogen and oxygen atoms in total. The fraction of sp³-hybridized carbons (Fsp3) is 0.200. The second-order valence-electron chi connectivity index (χ2n) is 5.85. The molecule has 28 heavy (non-hydrogen) atoms. The third-order valence-corrected chi connectivity index (χ3v) is 5.59. The Morgan fingerprint density at radius 3 is 2.54 bits per heavy atom. The number of carbonyl (C=O) groups excluding carboxylic acids is 2. The number of hydrogen-bond donors (Lipinski definition) is 0. The number of benzene rings is 2. The molecule has 0 aliphatic carbocycles. The van der Waals surface area contributed by atoms with E-state index in [1.165, 1.54) is 12.1 Å². The lowest BCUT2D eigenvalue weighted by molar-refractivity contribution is -0.123. The Hall–Kier alpha value is -2.32. The zero-order valence-electron chi connectivity index (χ0n) is 15.2. The predicted octanol–water partition coefficient (Wildman–Crippen LogP) is 5.23. The van der Waals surface area contributed by atoms with Crippen LogP contribution in [0, 0.1) is 5.82 Å². The Morgan fingerprint density at radius 2 is 1.89 bits per heavy atom. The van der Waals surface area contributed by atoms with Crippen molar-refractivity contribution in [2.24, 2.45) is 0 Å². The minimum absolute atomic E-state index is 0.0935. The SMILES string of the molecule is CCOc1cc(C=C2SC(=O)N(Cc3ccc(F)cc3)C2=O)c(Br)cc1OC. The lowest BCUT2D eigenvalue weighted by atomic mass is 10.1. The Kier molecular flexibility index (Phi) is 6.41. The van der Waals surface area contributed by atoms with Gasteiger partial charge in [-0.2, -0.15) is 0 Å². The van der Waals surface area contributed by atoms with E-state index in [4.69, 9.17) is 9.47 Å². The van der Waals surface area contributed by atoms with Crippen LogP contribution in [-0.4, -0.2) is 29.8 Å². The Morgan fingerprint density at radius 1 is 1.18 bits per heavy atom. The monoisotopic (exact) mass is 465 g/mol. The molecule has 0 spiro atoms. The first kappa shape index (κ1) is 20.4. The Bertz CT molecular complexity index is 946. The van der Waals surface area contributed by atoms with Crippen LogP contribution in [0.15, 0.2) is 45.8 Å². The number of ether oxygens (including phenoxy) is 2. The van der Waals surface area contributed by atoms with E-state index in [2.05, 4.69) is 15.9 Å². The van der Waals surface area contributed by atoms with Crippen molar-refractivity contribution in [2.45, 2.75) is 13.5 Å². The molecule has 1 aliphatic rings. The predicted molar refractivity (Wildman–Crippen MR) is 110 cm³/mol. The molecule has 8 heteroatoms. The van der Waals surface area contributed by atoms with Crippen LogP contribution in [0.5, 0.6) is 11.5 Å². The summed E-state index contributed by atoms with van der Waals surface area (Å²) in [5, 5.41) is -0.366. The summed E-state index contributed by atoms with van der Waals surface area (Å²) < 4.78 is 24.6. The molecule has 2 aromatic rings. The van der Waals surface area contributed by atoms with Gasteiger partial charge in [-0.3, -0.25) is 14.5 Å². The van der Waals surface area contributed by atoms with Gasteiger partial charge in [0, 0.05) is 4.47 Å². The molecule has 2 aromatic carbocycles. The first-order chi connectivity index (χ1) is 13.4. The van der Waals surface area contributed by atoms with Crippen LogP contribution in [0.2, 0.25) is 0 Å². The molecule has 1 fully saturated rings. The van der Waals surface area contributed by atoms with Gasteiger partial charge >= 0.3 is 0 Å². The molecule has 146 valence electrons. The number of amides is 2. The highest BCUT2D eigenvalue weighted by atomic mass is 79.9. The van der Waals surface area contributed by atoms with E-state index in [0.717, 1.165) is 16.7 Å². The highest BCUT2D eigenvalue weighted by molar-refractivity contribution is 9.10. The number of halogens is 2. The maximum atomic E-state index is 13.1. The van der Waals surface area contributed by atoms with Gasteiger partial charge in [0.2, 0.25) is 0 Å². The van der Waals surface area contributed by atoms with Gasteiger partial charge in [-0.05, 0) is 60.2 Å². The number of hydrogen-bond acceptors (Lipinski definition) is 5. The van der Waals surface area contributed by atoms with Crippen molar-refractivity contribution in [3.05, 3.63) is 62.7 Å². The minimum Gasteiger partial charge on any atom is -0.493 e. The van der Waals surface area contributed by atoms with Gasteiger partial charge < -0.3 is 9.47 Å². The van der Waals surface area contributed by atoms with E-state index in [0.29, 0.717) is 38.6 Å². The van der Waals surface area contributed by atoms with Crippen LogP contribution < -0.4 is 9.47 Å². The molecule has 1 saturated heterocycles. The second kappa shape index (κ2) is 8.79. The summed E-state index contributed by atoms with van der Waals surface area (Å²) in [6, 6.07) is 9.20. The largest absolute Gasteiger partial charge is 0.493 e. The van der Waals surface area contributed by atoms with E-state index in [1.54, 1.807) is 37.5 Å². The van der Waals surface area contributed by atoms with E-state index in [9.17, 15) is 14.0 Å². The molecule has 2 amide bonds.